The zero-order chi connectivity index (χ0) is 24.2. The van der Waals surface area contributed by atoms with Crippen LogP contribution in [0.2, 0.25) is 0 Å². The van der Waals surface area contributed by atoms with Gasteiger partial charge in [-0.1, -0.05) is 25.1 Å². The van der Waals surface area contributed by atoms with E-state index < -0.39 is 0 Å². The van der Waals surface area contributed by atoms with Crippen molar-refractivity contribution in [1.29, 1.82) is 0 Å². The summed E-state index contributed by atoms with van der Waals surface area (Å²) in [5.41, 5.74) is 5.67. The smallest absolute Gasteiger partial charge is 0.228 e. The third-order valence-electron chi connectivity index (χ3n) is 6.19. The van der Waals surface area contributed by atoms with Crippen LogP contribution in [0.4, 0.5) is 17.3 Å². The monoisotopic (exact) mass is 463 g/mol. The predicted octanol–water partition coefficient (Wildman–Crippen LogP) is 5.23. The normalized spacial score (nSPS) is 13.1. The Bertz CT molecular complexity index is 1370. The van der Waals surface area contributed by atoms with Gasteiger partial charge in [0.25, 0.3) is 0 Å². The second-order valence-corrected chi connectivity index (χ2v) is 8.57. The highest BCUT2D eigenvalue weighted by Gasteiger charge is 2.21. The number of hydrogen-bond donors (Lipinski definition) is 2. The minimum atomic E-state index is -0.0879. The molecule has 1 amide bonds. The summed E-state index contributed by atoms with van der Waals surface area (Å²) in [6, 6.07) is 18.9. The van der Waals surface area contributed by atoms with Gasteiger partial charge in [0.05, 0.1) is 17.8 Å². The number of hydrogen-bond acceptors (Lipinski definition) is 6. The van der Waals surface area contributed by atoms with Crippen molar-refractivity contribution in [3.05, 3.63) is 95.9 Å². The molecule has 7 nitrogen and oxygen atoms in total. The fourth-order valence-electron chi connectivity index (χ4n) is 4.30. The van der Waals surface area contributed by atoms with Crippen LogP contribution >= 0.6 is 0 Å². The van der Waals surface area contributed by atoms with E-state index in [4.69, 9.17) is 4.98 Å². The fraction of sp³-hybridized carbons (Fsp3) is 0.179. The Hall–Kier alpha value is -4.39. The Morgan fingerprint density at radius 1 is 1.06 bits per heavy atom. The number of anilines is 3. The number of amides is 1. The minimum Gasteiger partial charge on any atom is -0.325 e. The van der Waals surface area contributed by atoms with E-state index in [9.17, 15) is 9.59 Å². The zero-order valence-corrected chi connectivity index (χ0v) is 19.4. The van der Waals surface area contributed by atoms with Crippen molar-refractivity contribution in [2.75, 3.05) is 10.6 Å². The van der Waals surface area contributed by atoms with Gasteiger partial charge in [-0.05, 0) is 60.9 Å². The number of carbonyl (C=O) groups is 2. The first-order valence-corrected chi connectivity index (χ1v) is 11.7. The molecule has 0 aliphatic carbocycles. The number of para-hydroxylation sites is 1. The number of carbonyl (C=O) groups excluding carboxylic acids is 2. The third-order valence-corrected chi connectivity index (χ3v) is 6.19. The van der Waals surface area contributed by atoms with E-state index in [1.54, 1.807) is 18.6 Å². The molecule has 0 saturated carbocycles. The molecule has 2 N–H and O–H groups in total. The van der Waals surface area contributed by atoms with Crippen LogP contribution in [-0.4, -0.2) is 26.6 Å². The maximum absolute atomic E-state index is 13.1. The van der Waals surface area contributed by atoms with Crippen molar-refractivity contribution < 1.29 is 9.59 Å². The zero-order valence-electron chi connectivity index (χ0n) is 19.4. The molecule has 174 valence electrons. The summed E-state index contributed by atoms with van der Waals surface area (Å²) >= 11 is 0. The van der Waals surface area contributed by atoms with E-state index in [0.29, 0.717) is 17.9 Å². The molecule has 3 heterocycles. The van der Waals surface area contributed by atoms with Crippen LogP contribution in [0.15, 0.2) is 79.3 Å². The standard InChI is InChI=1S/C28H25N5O2/c1-2-19(15-18-11-13-29-14-12-18)27(35)20-7-9-22(10-8-20)31-28-30-17-21-16-25(34)32-24-6-4-3-5-23(24)26(21)33-28/h3-14,17,19H,2,15-16H2,1H3,(H,32,34)(H,30,31,33). The van der Waals surface area contributed by atoms with Crippen molar-refractivity contribution in [3.8, 4) is 11.3 Å². The summed E-state index contributed by atoms with van der Waals surface area (Å²) in [4.78, 5) is 38.5. The van der Waals surface area contributed by atoms with E-state index in [1.165, 1.54) is 0 Å². The molecule has 2 aromatic carbocycles. The summed E-state index contributed by atoms with van der Waals surface area (Å²) in [6.45, 7) is 2.04. The van der Waals surface area contributed by atoms with Gasteiger partial charge in [0.1, 0.15) is 0 Å². The van der Waals surface area contributed by atoms with Gasteiger partial charge in [0.15, 0.2) is 5.78 Å². The second-order valence-electron chi connectivity index (χ2n) is 8.57. The van der Waals surface area contributed by atoms with Crippen LogP contribution in [0.3, 0.4) is 0 Å². The van der Waals surface area contributed by atoms with Crippen LogP contribution < -0.4 is 10.6 Å². The van der Waals surface area contributed by atoms with Gasteiger partial charge in [0.2, 0.25) is 11.9 Å². The van der Waals surface area contributed by atoms with Crippen molar-refractivity contribution in [3.63, 3.8) is 0 Å². The summed E-state index contributed by atoms with van der Waals surface area (Å²) in [5, 5.41) is 6.14. The first kappa shape index (κ1) is 22.4. The molecular weight excluding hydrogens is 438 g/mol. The molecular formula is C28H25N5O2. The van der Waals surface area contributed by atoms with Gasteiger partial charge in [-0.15, -0.1) is 0 Å². The number of rotatable bonds is 7. The number of Topliss-reactive ketones (excluding diaryl/α,β-unsaturated/α-hetero) is 1. The number of nitrogens with zero attached hydrogens (tertiary/aromatic N) is 3. The van der Waals surface area contributed by atoms with Crippen molar-refractivity contribution in [2.24, 2.45) is 5.92 Å². The summed E-state index contributed by atoms with van der Waals surface area (Å²) in [5.74, 6) is 0.387. The van der Waals surface area contributed by atoms with Crippen molar-refractivity contribution in [1.82, 2.24) is 15.0 Å². The molecule has 7 heteroatoms. The van der Waals surface area contributed by atoms with Gasteiger partial charge < -0.3 is 10.6 Å². The Morgan fingerprint density at radius 3 is 2.60 bits per heavy atom. The summed E-state index contributed by atoms with van der Waals surface area (Å²) < 4.78 is 0. The van der Waals surface area contributed by atoms with E-state index in [-0.39, 0.29) is 24.0 Å². The molecule has 0 spiro atoms. The molecule has 1 aliphatic rings. The average molecular weight is 464 g/mol. The molecule has 0 saturated heterocycles. The molecule has 5 rings (SSSR count). The highest BCUT2D eigenvalue weighted by molar-refractivity contribution is 6.00. The highest BCUT2D eigenvalue weighted by Crippen LogP contribution is 2.33. The first-order valence-electron chi connectivity index (χ1n) is 11.7. The lowest BCUT2D eigenvalue weighted by Crippen LogP contribution is -2.16. The van der Waals surface area contributed by atoms with E-state index >= 15 is 0 Å². The minimum absolute atomic E-state index is 0.0829. The average Bonchev–Trinajstić information content (AvgIpc) is 3.03. The third kappa shape index (κ3) is 4.94. The van der Waals surface area contributed by atoms with E-state index in [2.05, 4.69) is 20.6 Å². The van der Waals surface area contributed by atoms with Crippen LogP contribution in [-0.2, 0) is 17.6 Å². The fourth-order valence-corrected chi connectivity index (χ4v) is 4.30. The number of pyridine rings is 1. The number of nitrogens with one attached hydrogen (secondary N) is 2. The van der Waals surface area contributed by atoms with Crippen molar-refractivity contribution in [2.45, 2.75) is 26.2 Å². The molecule has 1 unspecified atom stereocenters. The lowest BCUT2D eigenvalue weighted by Gasteiger charge is -2.14. The Balaban J connectivity index is 1.34. The van der Waals surface area contributed by atoms with Gasteiger partial charge >= 0.3 is 0 Å². The topological polar surface area (TPSA) is 96.9 Å². The van der Waals surface area contributed by atoms with Crippen LogP contribution in [0, 0.1) is 5.92 Å². The number of ketones is 1. The van der Waals surface area contributed by atoms with E-state index in [1.807, 2.05) is 67.6 Å². The van der Waals surface area contributed by atoms with Crippen LogP contribution in [0.1, 0.15) is 34.8 Å². The molecule has 0 fully saturated rings. The lowest BCUT2D eigenvalue weighted by atomic mass is 9.89. The molecule has 1 atom stereocenters. The SMILES string of the molecule is CCC(Cc1ccncc1)C(=O)c1ccc(Nc2ncc3c(n2)-c2ccccc2NC(=O)C3)cc1. The molecule has 2 aromatic heterocycles. The van der Waals surface area contributed by atoms with Crippen LogP contribution in [0.25, 0.3) is 11.3 Å². The molecule has 35 heavy (non-hydrogen) atoms. The van der Waals surface area contributed by atoms with Crippen LogP contribution in [0.5, 0.6) is 0 Å². The highest BCUT2D eigenvalue weighted by atomic mass is 16.1. The quantitative estimate of drug-likeness (QED) is 0.364. The Kier molecular flexibility index (Phi) is 6.30. The van der Waals surface area contributed by atoms with Gasteiger partial charge in [0, 0.05) is 46.9 Å². The summed E-state index contributed by atoms with van der Waals surface area (Å²) in [7, 11) is 0. The molecule has 4 aromatic rings. The van der Waals surface area contributed by atoms with Crippen molar-refractivity contribution >= 4 is 29.0 Å². The largest absolute Gasteiger partial charge is 0.325 e. The number of aromatic nitrogens is 3. The molecule has 1 aliphatic heterocycles. The van der Waals surface area contributed by atoms with Gasteiger partial charge in [-0.25, -0.2) is 9.97 Å². The second kappa shape index (κ2) is 9.85. The maximum Gasteiger partial charge on any atom is 0.228 e. The Morgan fingerprint density at radius 2 is 1.83 bits per heavy atom. The van der Waals surface area contributed by atoms with Gasteiger partial charge in [-0.3, -0.25) is 14.6 Å². The Labute approximate surface area is 203 Å². The molecule has 0 bridgehead atoms. The lowest BCUT2D eigenvalue weighted by molar-refractivity contribution is -0.115. The van der Waals surface area contributed by atoms with Gasteiger partial charge in [-0.2, -0.15) is 0 Å². The maximum atomic E-state index is 13.1. The van der Waals surface area contributed by atoms with E-state index in [0.717, 1.165) is 40.2 Å². The number of benzene rings is 2. The summed E-state index contributed by atoms with van der Waals surface area (Å²) in [6.07, 6.45) is 6.88. The predicted molar refractivity (Wildman–Crippen MR) is 136 cm³/mol. The first-order chi connectivity index (χ1) is 17.1. The molecule has 0 radical (unpaired) electrons. The number of fused-ring (bicyclic) bond motifs is 3.